The third kappa shape index (κ3) is 6.55. The standard InChI is InChI=1S/C35H32N4O7/c40-29-14-11-25(26-12-15-32(42)38-33(26)29)30(41)20-36-19-22-9-13-28-31(18-22)46-35(45)39(28)16-4-5-21-8-10-24(23-6-2-1-3-7-23)27(17-21)37-34(43)44/h1-3,6-15,17-18,30,36-37,40-41H,4-5,16,19-20H2,(H,38,42)(H,43,44). The fourth-order valence-corrected chi connectivity index (χ4v) is 5.72. The van der Waals surface area contributed by atoms with E-state index in [2.05, 4.69) is 15.6 Å². The molecule has 2 aromatic heterocycles. The topological polar surface area (TPSA) is 170 Å². The number of fused-ring (bicyclic) bond motifs is 2. The van der Waals surface area contributed by atoms with E-state index in [9.17, 15) is 29.7 Å². The van der Waals surface area contributed by atoms with Gasteiger partial charge in [-0.15, -0.1) is 0 Å². The molecule has 0 saturated carbocycles. The number of benzene rings is 4. The number of hydrogen-bond acceptors (Lipinski definition) is 7. The number of carboxylic acid groups (broad SMARTS) is 1. The Labute approximate surface area is 262 Å². The Morgan fingerprint density at radius 3 is 2.54 bits per heavy atom. The lowest BCUT2D eigenvalue weighted by molar-refractivity contribution is 0.176. The molecule has 6 rings (SSSR count). The Morgan fingerprint density at radius 1 is 0.935 bits per heavy atom. The molecule has 11 nitrogen and oxygen atoms in total. The number of pyridine rings is 1. The summed E-state index contributed by atoms with van der Waals surface area (Å²) >= 11 is 0. The summed E-state index contributed by atoms with van der Waals surface area (Å²) in [6, 6.07) is 26.7. The molecular formula is C35H32N4O7. The van der Waals surface area contributed by atoms with Crippen LogP contribution in [0.4, 0.5) is 10.5 Å². The number of aliphatic hydroxyl groups excluding tert-OH is 1. The van der Waals surface area contributed by atoms with Gasteiger partial charge in [-0.05, 0) is 65.4 Å². The summed E-state index contributed by atoms with van der Waals surface area (Å²) in [5.41, 5.74) is 5.62. The second-order valence-corrected chi connectivity index (χ2v) is 11.0. The van der Waals surface area contributed by atoms with E-state index in [4.69, 9.17) is 4.42 Å². The lowest BCUT2D eigenvalue weighted by Crippen LogP contribution is -2.21. The van der Waals surface area contributed by atoms with Crippen LogP contribution in [0, 0.1) is 0 Å². The van der Waals surface area contributed by atoms with Crippen molar-refractivity contribution in [3.8, 4) is 16.9 Å². The van der Waals surface area contributed by atoms with Crippen LogP contribution >= 0.6 is 0 Å². The first-order valence-electron chi connectivity index (χ1n) is 14.8. The van der Waals surface area contributed by atoms with E-state index in [1.165, 1.54) is 12.1 Å². The third-order valence-electron chi connectivity index (χ3n) is 7.92. The summed E-state index contributed by atoms with van der Waals surface area (Å²) in [5.74, 6) is -0.529. The molecule has 0 bridgehead atoms. The van der Waals surface area contributed by atoms with E-state index in [1.54, 1.807) is 22.8 Å². The van der Waals surface area contributed by atoms with E-state index < -0.39 is 18.0 Å². The fourth-order valence-electron chi connectivity index (χ4n) is 5.72. The van der Waals surface area contributed by atoms with Crippen LogP contribution in [-0.2, 0) is 19.5 Å². The van der Waals surface area contributed by atoms with Crippen LogP contribution in [-0.4, -0.2) is 37.5 Å². The van der Waals surface area contributed by atoms with Gasteiger partial charge in [-0.3, -0.25) is 14.7 Å². The average molecular weight is 621 g/mol. The summed E-state index contributed by atoms with van der Waals surface area (Å²) in [4.78, 5) is 38.4. The van der Waals surface area contributed by atoms with Gasteiger partial charge in [0.15, 0.2) is 5.58 Å². The maximum atomic E-state index is 12.7. The van der Waals surface area contributed by atoms with Crippen LogP contribution in [0.25, 0.3) is 33.1 Å². The van der Waals surface area contributed by atoms with Crippen molar-refractivity contribution in [2.24, 2.45) is 0 Å². The molecule has 0 saturated heterocycles. The summed E-state index contributed by atoms with van der Waals surface area (Å²) < 4.78 is 7.13. The Morgan fingerprint density at radius 2 is 1.74 bits per heavy atom. The number of nitrogens with one attached hydrogen (secondary N) is 3. The highest BCUT2D eigenvalue weighted by atomic mass is 16.4. The molecule has 0 aliphatic heterocycles. The summed E-state index contributed by atoms with van der Waals surface area (Å²) in [7, 11) is 0. The molecule has 1 atom stereocenters. The monoisotopic (exact) mass is 620 g/mol. The first-order valence-corrected chi connectivity index (χ1v) is 14.8. The molecule has 0 fully saturated rings. The second-order valence-electron chi connectivity index (χ2n) is 11.0. The number of H-pyrrole nitrogens is 1. The van der Waals surface area contributed by atoms with Crippen molar-refractivity contribution in [2.75, 3.05) is 11.9 Å². The largest absolute Gasteiger partial charge is 0.506 e. The number of anilines is 1. The van der Waals surface area contributed by atoms with Gasteiger partial charge in [0.1, 0.15) is 5.75 Å². The molecule has 6 aromatic rings. The molecule has 46 heavy (non-hydrogen) atoms. The third-order valence-corrected chi connectivity index (χ3v) is 7.92. The predicted octanol–water partition coefficient (Wildman–Crippen LogP) is 5.35. The van der Waals surface area contributed by atoms with Crippen molar-refractivity contribution in [3.05, 3.63) is 129 Å². The van der Waals surface area contributed by atoms with Gasteiger partial charge < -0.3 is 30.0 Å². The van der Waals surface area contributed by atoms with E-state index in [1.807, 2.05) is 60.7 Å². The zero-order chi connectivity index (χ0) is 32.2. The molecular weight excluding hydrogens is 588 g/mol. The normalized spacial score (nSPS) is 12.0. The number of nitrogens with zero attached hydrogens (tertiary/aromatic N) is 1. The highest BCUT2D eigenvalue weighted by Gasteiger charge is 2.15. The van der Waals surface area contributed by atoms with E-state index in [0.717, 1.165) is 22.3 Å². The number of carbonyl (C=O) groups is 1. The number of aromatic hydroxyl groups is 1. The van der Waals surface area contributed by atoms with Crippen LogP contribution in [0.2, 0.25) is 0 Å². The van der Waals surface area contributed by atoms with Crippen LogP contribution in [0.1, 0.15) is 29.2 Å². The first-order chi connectivity index (χ1) is 22.3. The Bertz CT molecular complexity index is 2150. The lowest BCUT2D eigenvalue weighted by atomic mass is 9.99. The van der Waals surface area contributed by atoms with E-state index in [-0.39, 0.29) is 23.4 Å². The molecule has 1 unspecified atom stereocenters. The number of oxazole rings is 1. The molecule has 0 aliphatic rings. The number of aromatic amines is 1. The van der Waals surface area contributed by atoms with Gasteiger partial charge in [0.2, 0.25) is 5.56 Å². The summed E-state index contributed by atoms with van der Waals surface area (Å²) in [6.45, 7) is 1.03. The van der Waals surface area contributed by atoms with Crippen molar-refractivity contribution in [1.29, 1.82) is 0 Å². The molecule has 6 N–H and O–H groups in total. The molecule has 2 heterocycles. The minimum atomic E-state index is -1.14. The molecule has 1 amide bonds. The molecule has 11 heteroatoms. The highest BCUT2D eigenvalue weighted by Crippen LogP contribution is 2.30. The number of aryl methyl sites for hydroxylation is 2. The fraction of sp³-hybridized carbons (Fsp3) is 0.171. The van der Waals surface area contributed by atoms with Crippen LogP contribution in [0.15, 0.2) is 105 Å². The van der Waals surface area contributed by atoms with Gasteiger partial charge in [0, 0.05) is 36.7 Å². The Kier molecular flexibility index (Phi) is 8.68. The first kappa shape index (κ1) is 30.4. The average Bonchev–Trinajstić information content (AvgIpc) is 3.35. The number of aliphatic hydroxyl groups is 1. The second kappa shape index (κ2) is 13.1. The van der Waals surface area contributed by atoms with Crippen molar-refractivity contribution in [1.82, 2.24) is 14.9 Å². The maximum absolute atomic E-state index is 12.7. The summed E-state index contributed by atoms with van der Waals surface area (Å²) in [6.07, 6.45) is -0.783. The molecule has 0 aliphatic carbocycles. The number of aromatic nitrogens is 2. The van der Waals surface area contributed by atoms with Crippen molar-refractivity contribution >= 4 is 33.8 Å². The van der Waals surface area contributed by atoms with Crippen LogP contribution in [0.3, 0.4) is 0 Å². The van der Waals surface area contributed by atoms with Crippen molar-refractivity contribution < 1.29 is 24.5 Å². The number of rotatable bonds is 11. The van der Waals surface area contributed by atoms with Gasteiger partial charge in [0.05, 0.1) is 22.8 Å². The highest BCUT2D eigenvalue weighted by molar-refractivity contribution is 5.91. The van der Waals surface area contributed by atoms with Gasteiger partial charge >= 0.3 is 11.8 Å². The zero-order valence-corrected chi connectivity index (χ0v) is 24.7. The quantitative estimate of drug-likeness (QED) is 0.113. The van der Waals surface area contributed by atoms with Crippen molar-refractivity contribution in [3.63, 3.8) is 0 Å². The minimum Gasteiger partial charge on any atom is -0.506 e. The Hall–Kier alpha value is -5.65. The van der Waals surface area contributed by atoms with Gasteiger partial charge in [-0.1, -0.05) is 54.6 Å². The van der Waals surface area contributed by atoms with Crippen LogP contribution in [0.5, 0.6) is 5.75 Å². The van der Waals surface area contributed by atoms with E-state index in [0.29, 0.717) is 53.7 Å². The van der Waals surface area contributed by atoms with Gasteiger partial charge in [0.25, 0.3) is 0 Å². The number of amides is 1. The van der Waals surface area contributed by atoms with Crippen LogP contribution < -0.4 is 21.9 Å². The molecule has 0 spiro atoms. The molecule has 4 aromatic carbocycles. The lowest BCUT2D eigenvalue weighted by Gasteiger charge is -2.15. The smallest absolute Gasteiger partial charge is 0.419 e. The Balaban J connectivity index is 1.09. The number of phenolic OH excluding ortho intramolecular Hbond substituents is 1. The summed E-state index contributed by atoms with van der Waals surface area (Å²) in [5, 5.41) is 36.5. The number of phenols is 1. The van der Waals surface area contributed by atoms with Gasteiger partial charge in [-0.2, -0.15) is 0 Å². The van der Waals surface area contributed by atoms with E-state index >= 15 is 0 Å². The SMILES string of the molecule is O=C(O)Nc1cc(CCCn2c(=O)oc3cc(CNCC(O)c4ccc(O)c5[nH]c(=O)ccc45)ccc32)ccc1-c1ccccc1. The minimum absolute atomic E-state index is 0.0713. The van der Waals surface area contributed by atoms with Gasteiger partial charge in [-0.25, -0.2) is 9.59 Å². The molecule has 234 valence electrons. The maximum Gasteiger partial charge on any atom is 0.419 e. The van der Waals surface area contributed by atoms with Crippen molar-refractivity contribution in [2.45, 2.75) is 32.0 Å². The zero-order valence-electron chi connectivity index (χ0n) is 24.7. The molecule has 0 radical (unpaired) electrons. The predicted molar refractivity (Wildman–Crippen MR) is 175 cm³/mol. The number of hydrogen-bond donors (Lipinski definition) is 6.